The maximum Gasteiger partial charge on any atom is 0.338 e. The molecule has 0 saturated carbocycles. The van der Waals surface area contributed by atoms with Crippen molar-refractivity contribution in [3.05, 3.63) is 70.8 Å². The average molecular weight is 494 g/mol. The Kier molecular flexibility index (Phi) is 6.26. The Bertz CT molecular complexity index is 1220. The van der Waals surface area contributed by atoms with E-state index in [0.717, 1.165) is 31.9 Å². The molecule has 1 fully saturated rings. The second-order valence-electron chi connectivity index (χ2n) is 9.88. The van der Waals surface area contributed by atoms with Crippen LogP contribution in [-0.2, 0) is 32.7 Å². The minimum Gasteiger partial charge on any atom is -0.504 e. The number of methoxy groups -OCH3 is 1. The maximum atomic E-state index is 12.2. The first-order chi connectivity index (χ1) is 17.3. The third kappa shape index (κ3) is 3.76. The molecule has 190 valence electrons. The van der Waals surface area contributed by atoms with E-state index in [2.05, 4.69) is 30.2 Å². The first-order valence-corrected chi connectivity index (χ1v) is 12.2. The molecular weight excluding hydrogens is 462 g/mol. The summed E-state index contributed by atoms with van der Waals surface area (Å²) in [6, 6.07) is 11.6. The van der Waals surface area contributed by atoms with Gasteiger partial charge < -0.3 is 29.3 Å². The van der Waals surface area contributed by atoms with Crippen LogP contribution in [0.25, 0.3) is 0 Å². The number of benzene rings is 2. The van der Waals surface area contributed by atoms with E-state index in [9.17, 15) is 9.90 Å². The van der Waals surface area contributed by atoms with Crippen molar-refractivity contribution in [1.82, 2.24) is 4.90 Å². The number of nitrogens with zero attached hydrogens (tertiary/aromatic N) is 1. The highest BCUT2D eigenvalue weighted by atomic mass is 16.6. The van der Waals surface area contributed by atoms with Crippen molar-refractivity contribution in [2.24, 2.45) is 5.92 Å². The number of ether oxygens (including phenoxy) is 3. The number of carbonyl (C=O) groups excluding carboxylic acids is 1. The number of hydrogen-bond acceptors (Lipinski definition) is 7. The lowest BCUT2D eigenvalue weighted by Gasteiger charge is -2.56. The summed E-state index contributed by atoms with van der Waals surface area (Å²) in [7, 11) is 3.59. The SMILES string of the molecule is CC(=O)O.COC(=O)c1ccccc1CO[C@H]1C=C[C@H]2[C@H]3Cc4ccc(O)c5c4[C@@]2(CCN3C)[C@H]1O5. The monoisotopic (exact) mass is 493 g/mol. The predicted molar refractivity (Wildman–Crippen MR) is 131 cm³/mol. The van der Waals surface area contributed by atoms with E-state index in [0.29, 0.717) is 23.3 Å². The molecule has 2 aromatic rings. The second kappa shape index (κ2) is 9.26. The highest BCUT2D eigenvalue weighted by Crippen LogP contribution is 2.62. The summed E-state index contributed by atoms with van der Waals surface area (Å²) in [6.45, 7) is 2.35. The number of hydrogen-bond donors (Lipinski definition) is 2. The molecule has 2 heterocycles. The standard InChI is InChI=1S/C26H27NO5.C2H4O2/c1-27-12-11-26-18-8-10-21(31-14-16-5-3-4-6-17(16)25(29)30-2)24(26)32-23-20(28)9-7-15(22(23)26)13-19(18)27;1-2(3)4/h3-10,18-19,21,24,28H,11-14H2,1-2H3;1H3,(H,3,4)/t18-,19+,21-,24-,26-;/m0./s1. The van der Waals surface area contributed by atoms with Gasteiger partial charge in [0.25, 0.3) is 5.97 Å². The fraction of sp³-hybridized carbons (Fsp3) is 0.429. The zero-order valence-corrected chi connectivity index (χ0v) is 20.6. The van der Waals surface area contributed by atoms with Crippen LogP contribution in [0.2, 0.25) is 0 Å². The van der Waals surface area contributed by atoms with E-state index < -0.39 is 5.97 Å². The highest BCUT2D eigenvalue weighted by Gasteiger charge is 2.64. The number of piperidine rings is 1. The number of carboxylic acids is 1. The number of carbonyl (C=O) groups is 2. The summed E-state index contributed by atoms with van der Waals surface area (Å²) in [5, 5.41) is 18.0. The molecule has 6 rings (SSSR count). The van der Waals surface area contributed by atoms with Gasteiger partial charge in [-0.15, -0.1) is 0 Å². The van der Waals surface area contributed by atoms with Gasteiger partial charge in [0, 0.05) is 29.9 Å². The number of likely N-dealkylation sites (tertiary alicyclic amines) is 1. The van der Waals surface area contributed by atoms with Crippen molar-refractivity contribution in [3.63, 3.8) is 0 Å². The molecule has 5 atom stereocenters. The third-order valence-corrected chi connectivity index (χ3v) is 7.98. The van der Waals surface area contributed by atoms with Gasteiger partial charge in [0.15, 0.2) is 11.5 Å². The van der Waals surface area contributed by atoms with E-state index >= 15 is 0 Å². The van der Waals surface area contributed by atoms with Crippen LogP contribution in [0.5, 0.6) is 11.5 Å². The van der Waals surface area contributed by atoms with E-state index in [1.165, 1.54) is 18.2 Å². The Balaban J connectivity index is 0.000000623. The molecule has 2 bridgehead atoms. The quantitative estimate of drug-likeness (QED) is 0.494. The zero-order valence-electron chi connectivity index (χ0n) is 20.6. The van der Waals surface area contributed by atoms with Gasteiger partial charge in [-0.05, 0) is 49.7 Å². The van der Waals surface area contributed by atoms with Crippen LogP contribution in [0.1, 0.15) is 40.4 Å². The molecule has 0 radical (unpaired) electrons. The number of carboxylic acid groups (broad SMARTS) is 1. The Hall–Kier alpha value is -3.36. The van der Waals surface area contributed by atoms with Crippen molar-refractivity contribution < 1.29 is 34.0 Å². The van der Waals surface area contributed by atoms with Crippen molar-refractivity contribution in [3.8, 4) is 11.5 Å². The molecule has 2 aromatic carbocycles. The first-order valence-electron chi connectivity index (χ1n) is 12.2. The van der Waals surface area contributed by atoms with Crippen LogP contribution in [-0.4, -0.2) is 66.0 Å². The minimum absolute atomic E-state index is 0.194. The fourth-order valence-corrected chi connectivity index (χ4v) is 6.50. The van der Waals surface area contributed by atoms with Crippen LogP contribution >= 0.6 is 0 Å². The molecule has 1 saturated heterocycles. The van der Waals surface area contributed by atoms with Crippen molar-refractivity contribution >= 4 is 11.9 Å². The Morgan fingerprint density at radius 1 is 1.19 bits per heavy atom. The zero-order chi connectivity index (χ0) is 25.6. The van der Waals surface area contributed by atoms with Gasteiger partial charge in [-0.3, -0.25) is 4.79 Å². The topological polar surface area (TPSA) is 106 Å². The summed E-state index contributed by atoms with van der Waals surface area (Å²) in [4.78, 5) is 23.6. The van der Waals surface area contributed by atoms with Gasteiger partial charge in [-0.2, -0.15) is 0 Å². The fourth-order valence-electron chi connectivity index (χ4n) is 6.50. The van der Waals surface area contributed by atoms with Gasteiger partial charge in [-0.1, -0.05) is 36.4 Å². The van der Waals surface area contributed by atoms with E-state index in [-0.39, 0.29) is 35.9 Å². The molecule has 2 aliphatic carbocycles. The van der Waals surface area contributed by atoms with E-state index in [4.69, 9.17) is 24.1 Å². The molecule has 8 heteroatoms. The molecule has 8 nitrogen and oxygen atoms in total. The molecular formula is C28H31NO7. The molecule has 4 aliphatic rings. The first kappa shape index (κ1) is 24.3. The molecule has 0 aromatic heterocycles. The molecule has 0 amide bonds. The lowest BCUT2D eigenvalue weighted by molar-refractivity contribution is -0.134. The number of phenolic OH excluding ortho intramolecular Hbond substituents is 1. The van der Waals surface area contributed by atoms with Gasteiger partial charge in [0.1, 0.15) is 12.2 Å². The van der Waals surface area contributed by atoms with Crippen LogP contribution in [0.3, 0.4) is 0 Å². The third-order valence-electron chi connectivity index (χ3n) is 7.98. The summed E-state index contributed by atoms with van der Waals surface area (Å²) in [6.07, 6.45) is 5.86. The molecule has 2 aliphatic heterocycles. The lowest BCUT2D eigenvalue weighted by Crippen LogP contribution is -2.65. The molecule has 1 spiro atoms. The number of rotatable bonds is 4. The number of esters is 1. The van der Waals surface area contributed by atoms with Gasteiger partial charge in [0.05, 0.1) is 19.3 Å². The summed E-state index contributed by atoms with van der Waals surface area (Å²) in [5.41, 5.74) is 3.57. The number of aliphatic carboxylic acids is 1. The Morgan fingerprint density at radius 3 is 2.69 bits per heavy atom. The highest BCUT2D eigenvalue weighted by molar-refractivity contribution is 5.90. The lowest BCUT2D eigenvalue weighted by atomic mass is 9.53. The minimum atomic E-state index is -0.833. The van der Waals surface area contributed by atoms with Crippen LogP contribution in [0.15, 0.2) is 48.6 Å². The summed E-state index contributed by atoms with van der Waals surface area (Å²) < 4.78 is 17.8. The van der Waals surface area contributed by atoms with Gasteiger partial charge >= 0.3 is 5.97 Å². The van der Waals surface area contributed by atoms with Gasteiger partial charge in [0.2, 0.25) is 0 Å². The summed E-state index contributed by atoms with van der Waals surface area (Å²) in [5.74, 6) is -0.0400. The van der Waals surface area contributed by atoms with E-state index in [1.807, 2.05) is 18.2 Å². The van der Waals surface area contributed by atoms with Crippen molar-refractivity contribution in [2.45, 2.75) is 50.0 Å². The van der Waals surface area contributed by atoms with Crippen LogP contribution in [0.4, 0.5) is 0 Å². The maximum absolute atomic E-state index is 12.2. The predicted octanol–water partition coefficient (Wildman–Crippen LogP) is 3.30. The van der Waals surface area contributed by atoms with Crippen molar-refractivity contribution in [1.29, 1.82) is 0 Å². The Morgan fingerprint density at radius 2 is 1.94 bits per heavy atom. The van der Waals surface area contributed by atoms with Crippen LogP contribution < -0.4 is 4.74 Å². The Labute approximate surface area is 210 Å². The van der Waals surface area contributed by atoms with Crippen molar-refractivity contribution in [2.75, 3.05) is 20.7 Å². The number of likely N-dealkylation sites (N-methyl/N-ethyl adjacent to an activating group) is 1. The molecule has 2 N–H and O–H groups in total. The number of phenols is 1. The average Bonchev–Trinajstić information content (AvgIpc) is 3.22. The second-order valence-corrected chi connectivity index (χ2v) is 9.88. The summed E-state index contributed by atoms with van der Waals surface area (Å²) >= 11 is 0. The largest absolute Gasteiger partial charge is 0.504 e. The van der Waals surface area contributed by atoms with Gasteiger partial charge in [-0.25, -0.2) is 4.79 Å². The smallest absolute Gasteiger partial charge is 0.338 e. The molecule has 0 unspecified atom stereocenters. The molecule has 36 heavy (non-hydrogen) atoms. The van der Waals surface area contributed by atoms with Crippen LogP contribution in [0, 0.1) is 5.92 Å². The number of aromatic hydroxyl groups is 1. The van der Waals surface area contributed by atoms with E-state index in [1.54, 1.807) is 12.1 Å². The normalized spacial score (nSPS) is 28.9.